The molecule has 0 spiro atoms. The molecule has 0 amide bonds. The van der Waals surface area contributed by atoms with Crippen molar-refractivity contribution in [1.29, 1.82) is 5.26 Å². The van der Waals surface area contributed by atoms with Crippen LogP contribution < -0.4 is 11.2 Å². The van der Waals surface area contributed by atoms with Crippen LogP contribution in [0.3, 0.4) is 0 Å². The predicted molar refractivity (Wildman–Crippen MR) is 114 cm³/mol. The maximum absolute atomic E-state index is 12.4. The first kappa shape index (κ1) is 24.1. The van der Waals surface area contributed by atoms with E-state index in [1.807, 2.05) is 6.92 Å². The summed E-state index contributed by atoms with van der Waals surface area (Å²) in [7, 11) is -1.50. The van der Waals surface area contributed by atoms with Gasteiger partial charge in [-0.15, -0.1) is 0 Å². The summed E-state index contributed by atoms with van der Waals surface area (Å²) in [6.07, 6.45) is -0.00558. The summed E-state index contributed by atoms with van der Waals surface area (Å²) in [6.45, 7) is 12.4. The van der Waals surface area contributed by atoms with E-state index in [-0.39, 0.29) is 25.1 Å². The molecule has 0 aromatic carbocycles. The number of rotatable bonds is 9. The lowest BCUT2D eigenvalue weighted by Gasteiger charge is -2.38. The Morgan fingerprint density at radius 2 is 2.06 bits per heavy atom. The molecule has 31 heavy (non-hydrogen) atoms. The molecule has 0 aliphatic carbocycles. The Morgan fingerprint density at radius 3 is 2.68 bits per heavy atom. The molecule has 1 aromatic rings. The number of aryl methyl sites for hydroxylation is 1. The summed E-state index contributed by atoms with van der Waals surface area (Å²) >= 11 is 0. The van der Waals surface area contributed by atoms with Crippen molar-refractivity contribution in [1.82, 2.24) is 14.2 Å². The minimum atomic E-state index is -1.50. The van der Waals surface area contributed by atoms with Gasteiger partial charge in [0.25, 0.3) is 14.1 Å². The second kappa shape index (κ2) is 9.49. The first-order valence-electron chi connectivity index (χ1n) is 10.5. The fourth-order valence-corrected chi connectivity index (χ4v) is 5.85. The first-order chi connectivity index (χ1) is 14.6. The summed E-state index contributed by atoms with van der Waals surface area (Å²) in [5.41, 5.74) is -1.36. The number of hydrogen-bond acceptors (Lipinski definition) is 8. The fourth-order valence-electron chi connectivity index (χ4n) is 4.01. The highest BCUT2D eigenvalue weighted by atomic mass is 31.2. The van der Waals surface area contributed by atoms with Crippen LogP contribution in [0.2, 0.25) is 0 Å². The molecular formula is C20H31N4O6P. The van der Waals surface area contributed by atoms with Gasteiger partial charge >= 0.3 is 5.69 Å². The van der Waals surface area contributed by atoms with Gasteiger partial charge in [0.05, 0.1) is 25.7 Å². The van der Waals surface area contributed by atoms with Crippen molar-refractivity contribution in [3.8, 4) is 6.07 Å². The third kappa shape index (κ3) is 4.77. The maximum atomic E-state index is 12.4. The van der Waals surface area contributed by atoms with Crippen LogP contribution in [-0.2, 0) is 18.5 Å². The van der Waals surface area contributed by atoms with Crippen molar-refractivity contribution in [2.75, 3.05) is 13.2 Å². The highest BCUT2D eigenvalue weighted by molar-refractivity contribution is 7.44. The second-order valence-electron chi connectivity index (χ2n) is 8.65. The topological polar surface area (TPSA) is 119 Å². The van der Waals surface area contributed by atoms with Gasteiger partial charge in [0, 0.05) is 23.8 Å². The lowest BCUT2D eigenvalue weighted by Crippen LogP contribution is -2.41. The first-order valence-corrected chi connectivity index (χ1v) is 11.6. The van der Waals surface area contributed by atoms with E-state index in [0.717, 1.165) is 0 Å². The van der Waals surface area contributed by atoms with Gasteiger partial charge in [-0.1, -0.05) is 0 Å². The number of nitrogens with zero attached hydrogens (tertiary/aromatic N) is 3. The molecule has 5 atom stereocenters. The Balaban J connectivity index is 1.89. The molecule has 2 aliphatic rings. The van der Waals surface area contributed by atoms with Crippen LogP contribution in [0, 0.1) is 18.3 Å². The van der Waals surface area contributed by atoms with E-state index < -0.39 is 43.8 Å². The molecule has 0 radical (unpaired) electrons. The van der Waals surface area contributed by atoms with Gasteiger partial charge in [0.1, 0.15) is 17.8 Å². The van der Waals surface area contributed by atoms with Gasteiger partial charge in [0.15, 0.2) is 6.23 Å². The highest BCUT2D eigenvalue weighted by Gasteiger charge is 2.62. The highest BCUT2D eigenvalue weighted by Crippen LogP contribution is 2.54. The molecule has 0 saturated carbocycles. The van der Waals surface area contributed by atoms with Crippen LogP contribution >= 0.6 is 8.53 Å². The molecule has 1 aromatic heterocycles. The fraction of sp³-hybridized carbons (Fsp3) is 0.750. The van der Waals surface area contributed by atoms with Crippen molar-refractivity contribution in [3.05, 3.63) is 32.6 Å². The maximum Gasteiger partial charge on any atom is 0.330 e. The average molecular weight is 454 g/mol. The molecule has 10 nitrogen and oxygen atoms in total. The van der Waals surface area contributed by atoms with Crippen molar-refractivity contribution in [2.24, 2.45) is 0 Å². The zero-order valence-corrected chi connectivity index (χ0v) is 19.7. The Bertz CT molecular complexity index is 933. The van der Waals surface area contributed by atoms with E-state index in [1.165, 1.54) is 10.8 Å². The Labute approximate surface area is 183 Å². The molecule has 11 heteroatoms. The minimum absolute atomic E-state index is 0.155. The van der Waals surface area contributed by atoms with Gasteiger partial charge in [-0.05, 0) is 41.5 Å². The number of H-pyrrole nitrogens is 1. The largest absolute Gasteiger partial charge is 0.368 e. The van der Waals surface area contributed by atoms with Crippen LogP contribution in [0.1, 0.15) is 52.8 Å². The van der Waals surface area contributed by atoms with Gasteiger partial charge in [-0.2, -0.15) is 5.26 Å². The van der Waals surface area contributed by atoms with Crippen molar-refractivity contribution < 1.29 is 18.5 Å². The summed E-state index contributed by atoms with van der Waals surface area (Å²) in [5.74, 6) is 0. The smallest absolute Gasteiger partial charge is 0.330 e. The van der Waals surface area contributed by atoms with Crippen LogP contribution in [0.5, 0.6) is 0 Å². The van der Waals surface area contributed by atoms with Crippen LogP contribution in [-0.4, -0.2) is 57.3 Å². The number of fused-ring (bicyclic) bond motifs is 2. The molecule has 2 unspecified atom stereocenters. The van der Waals surface area contributed by atoms with Gasteiger partial charge in [-0.25, -0.2) is 9.46 Å². The molecule has 172 valence electrons. The Kier molecular flexibility index (Phi) is 7.36. The normalized spacial score (nSPS) is 28.6. The SMILES string of the molecule is Cc1cn([C@@H]2O[C@]3(C)CO[C@H]2C3OP(OCCC#N)N(C(C)C)C(C)C)c(=O)[nH]c1=O. The van der Waals surface area contributed by atoms with Crippen LogP contribution in [0.4, 0.5) is 0 Å². The van der Waals surface area contributed by atoms with Gasteiger partial charge in [-0.3, -0.25) is 14.3 Å². The van der Waals surface area contributed by atoms with Gasteiger partial charge in [0.2, 0.25) is 0 Å². The van der Waals surface area contributed by atoms with E-state index in [2.05, 4.69) is 43.4 Å². The third-order valence-corrected chi connectivity index (χ3v) is 7.53. The number of aromatic nitrogens is 2. The second-order valence-corrected chi connectivity index (χ2v) is 10.1. The molecular weight excluding hydrogens is 423 g/mol. The lowest BCUT2D eigenvalue weighted by atomic mass is 10.0. The van der Waals surface area contributed by atoms with E-state index >= 15 is 0 Å². The quantitative estimate of drug-likeness (QED) is 0.446. The third-order valence-electron chi connectivity index (χ3n) is 5.42. The predicted octanol–water partition coefficient (Wildman–Crippen LogP) is 2.19. The van der Waals surface area contributed by atoms with E-state index in [0.29, 0.717) is 12.2 Å². The summed E-state index contributed by atoms with van der Waals surface area (Å²) in [5, 5.41) is 8.91. The Hall–Kier alpha value is -1.60. The van der Waals surface area contributed by atoms with E-state index in [1.54, 1.807) is 6.92 Å². The number of nitrogens with one attached hydrogen (secondary N) is 1. The minimum Gasteiger partial charge on any atom is -0.368 e. The number of hydrogen-bond donors (Lipinski definition) is 1. The molecule has 2 aliphatic heterocycles. The Morgan fingerprint density at radius 1 is 1.39 bits per heavy atom. The number of ether oxygens (including phenoxy) is 2. The number of nitriles is 1. The molecule has 3 rings (SSSR count). The molecule has 3 heterocycles. The average Bonchev–Trinajstić information content (AvgIpc) is 3.13. The molecule has 2 fully saturated rings. The monoisotopic (exact) mass is 454 g/mol. The molecule has 1 N–H and O–H groups in total. The standard InChI is InChI=1S/C20H31N4O6P/c1-12(2)24(13(3)4)31(28-9-7-8-21)30-16-15-18(29-20(16,6)11-27-15)23-10-14(5)17(25)22-19(23)26/h10,12-13,15-16,18H,7,9,11H2,1-6H3,(H,22,25,26)/t15-,16?,18+,20+,31?/m0/s1. The van der Waals surface area contributed by atoms with Crippen molar-refractivity contribution in [3.63, 3.8) is 0 Å². The van der Waals surface area contributed by atoms with Crippen LogP contribution in [0.15, 0.2) is 15.8 Å². The molecule has 2 saturated heterocycles. The number of aromatic amines is 1. The van der Waals surface area contributed by atoms with Gasteiger partial charge < -0.3 is 18.5 Å². The molecule has 2 bridgehead atoms. The summed E-state index contributed by atoms with van der Waals surface area (Å²) in [6, 6.07) is 2.40. The van der Waals surface area contributed by atoms with Crippen LogP contribution in [0.25, 0.3) is 0 Å². The van der Waals surface area contributed by atoms with Crippen molar-refractivity contribution >= 4 is 8.53 Å². The zero-order valence-electron chi connectivity index (χ0n) is 18.8. The summed E-state index contributed by atoms with van der Waals surface area (Å²) < 4.78 is 28.2. The zero-order chi connectivity index (χ0) is 22.9. The van der Waals surface area contributed by atoms with Crippen molar-refractivity contribution in [2.45, 2.75) is 84.1 Å². The van der Waals surface area contributed by atoms with E-state index in [4.69, 9.17) is 23.8 Å². The summed E-state index contributed by atoms with van der Waals surface area (Å²) in [4.78, 5) is 26.5. The van der Waals surface area contributed by atoms with E-state index in [9.17, 15) is 9.59 Å². The lowest BCUT2D eigenvalue weighted by molar-refractivity contribution is -0.167.